The number of carbonyl (C=O) groups excluding carboxylic acids is 1. The maximum absolute atomic E-state index is 13.4. The summed E-state index contributed by atoms with van der Waals surface area (Å²) in [4.78, 5) is 24.7. The van der Waals surface area contributed by atoms with Crippen molar-refractivity contribution < 1.29 is 22.7 Å². The van der Waals surface area contributed by atoms with Gasteiger partial charge in [-0.1, -0.05) is 11.6 Å². The fourth-order valence-electron chi connectivity index (χ4n) is 2.47. The predicted octanol–water partition coefficient (Wildman–Crippen LogP) is 3.55. The molecule has 8 nitrogen and oxygen atoms in total. The first-order chi connectivity index (χ1) is 14.2. The number of nitriles is 1. The van der Waals surface area contributed by atoms with E-state index >= 15 is 0 Å². The summed E-state index contributed by atoms with van der Waals surface area (Å²) in [5, 5.41) is 17.5. The van der Waals surface area contributed by atoms with Gasteiger partial charge in [0.15, 0.2) is 0 Å². The van der Waals surface area contributed by atoms with E-state index in [1.165, 1.54) is 18.3 Å². The number of hydrogen-bond donors (Lipinski definition) is 2. The Balaban J connectivity index is 1.98. The highest BCUT2D eigenvalue weighted by Crippen LogP contribution is 2.36. The van der Waals surface area contributed by atoms with Crippen LogP contribution in [0.4, 0.5) is 19.0 Å². The van der Waals surface area contributed by atoms with Gasteiger partial charge in [-0.3, -0.25) is 14.7 Å². The van der Waals surface area contributed by atoms with Gasteiger partial charge in [0.2, 0.25) is 11.7 Å². The number of anilines is 1. The number of alkyl halides is 3. The van der Waals surface area contributed by atoms with Crippen molar-refractivity contribution in [1.29, 1.82) is 5.26 Å². The molecule has 1 amide bonds. The van der Waals surface area contributed by atoms with Crippen molar-refractivity contribution in [1.82, 2.24) is 14.8 Å². The van der Waals surface area contributed by atoms with Gasteiger partial charge in [-0.25, -0.2) is 0 Å². The molecule has 2 heterocycles. The summed E-state index contributed by atoms with van der Waals surface area (Å²) in [7, 11) is 0. The zero-order chi connectivity index (χ0) is 21.9. The number of nitrogens with zero attached hydrogens (tertiary/aromatic N) is 3. The van der Waals surface area contributed by atoms with Crippen molar-refractivity contribution in [3.63, 3.8) is 0 Å². The fraction of sp³-hybridized carbons (Fsp3) is 0.111. The molecule has 0 aliphatic rings. The summed E-state index contributed by atoms with van der Waals surface area (Å²) >= 11 is 5.83. The second-order valence-electron chi connectivity index (χ2n) is 5.90. The average Bonchev–Trinajstić information content (AvgIpc) is 3.16. The van der Waals surface area contributed by atoms with Crippen molar-refractivity contribution in [2.75, 3.05) is 5.32 Å². The fourth-order valence-corrected chi connectivity index (χ4v) is 2.70. The lowest BCUT2D eigenvalue weighted by Crippen LogP contribution is -2.29. The number of carbonyl (C=O) groups is 1. The number of ether oxygens (including phenoxy) is 1. The Kier molecular flexibility index (Phi) is 5.79. The number of hydrogen-bond acceptors (Lipinski definition) is 5. The average molecular weight is 438 g/mol. The Hall–Kier alpha value is -3.78. The monoisotopic (exact) mass is 437 g/mol. The van der Waals surface area contributed by atoms with Crippen LogP contribution >= 0.6 is 11.6 Å². The number of nitrogens with one attached hydrogen (secondary N) is 2. The molecule has 0 spiro atoms. The molecule has 154 valence electrons. The molecule has 0 bridgehead atoms. The number of pyridine rings is 1. The lowest BCUT2D eigenvalue weighted by Gasteiger charge is -2.15. The molecule has 3 rings (SSSR count). The van der Waals surface area contributed by atoms with Crippen LogP contribution in [0.25, 0.3) is 0 Å². The molecular formula is C18H11ClF3N5O3. The van der Waals surface area contributed by atoms with Crippen LogP contribution in [0.5, 0.6) is 11.5 Å². The quantitative estimate of drug-likeness (QED) is 0.634. The van der Waals surface area contributed by atoms with Gasteiger partial charge >= 0.3 is 6.18 Å². The van der Waals surface area contributed by atoms with Crippen molar-refractivity contribution in [2.45, 2.75) is 12.7 Å². The molecule has 0 saturated heterocycles. The van der Waals surface area contributed by atoms with E-state index in [4.69, 9.17) is 21.6 Å². The first-order valence-corrected chi connectivity index (χ1v) is 8.53. The summed E-state index contributed by atoms with van der Waals surface area (Å²) in [5.74, 6) is -1.72. The number of amides is 1. The Bertz CT molecular complexity index is 1180. The van der Waals surface area contributed by atoms with Crippen LogP contribution in [0.15, 0.2) is 47.5 Å². The molecule has 1 aromatic carbocycles. The van der Waals surface area contributed by atoms with Crippen molar-refractivity contribution in [3.8, 4) is 17.6 Å². The summed E-state index contributed by atoms with van der Waals surface area (Å²) in [5.41, 5.74) is -2.50. The van der Waals surface area contributed by atoms with E-state index in [1.54, 1.807) is 6.07 Å². The van der Waals surface area contributed by atoms with Gasteiger partial charge < -0.3 is 14.6 Å². The van der Waals surface area contributed by atoms with Gasteiger partial charge in [0.25, 0.3) is 5.56 Å². The van der Waals surface area contributed by atoms with Crippen LogP contribution in [0.2, 0.25) is 5.02 Å². The second-order valence-corrected chi connectivity index (χ2v) is 6.33. The van der Waals surface area contributed by atoms with Crippen molar-refractivity contribution in [2.24, 2.45) is 0 Å². The molecular weight excluding hydrogens is 427 g/mol. The molecule has 2 N–H and O–H groups in total. The number of rotatable bonds is 5. The third kappa shape index (κ3) is 4.79. The van der Waals surface area contributed by atoms with E-state index < -0.39 is 35.5 Å². The second kappa shape index (κ2) is 8.30. The number of aromatic amines is 1. The molecule has 0 atom stereocenters. The largest absolute Gasteiger partial charge is 0.451 e. The number of benzene rings is 1. The van der Waals surface area contributed by atoms with Crippen molar-refractivity contribution in [3.05, 3.63) is 69.2 Å². The van der Waals surface area contributed by atoms with Gasteiger partial charge in [-0.15, -0.1) is 0 Å². The maximum atomic E-state index is 13.4. The number of H-pyrrole nitrogens is 1. The minimum absolute atomic E-state index is 0.0289. The molecule has 30 heavy (non-hydrogen) atoms. The Morgan fingerprint density at radius 3 is 2.73 bits per heavy atom. The van der Waals surface area contributed by atoms with E-state index in [-0.39, 0.29) is 22.2 Å². The van der Waals surface area contributed by atoms with E-state index in [0.717, 1.165) is 22.9 Å². The normalized spacial score (nSPS) is 11.0. The molecule has 0 radical (unpaired) electrons. The molecule has 0 aliphatic heterocycles. The minimum Gasteiger partial charge on any atom is -0.451 e. The van der Waals surface area contributed by atoms with Crippen LogP contribution in [0, 0.1) is 11.3 Å². The van der Waals surface area contributed by atoms with Crippen LogP contribution in [0.3, 0.4) is 0 Å². The molecule has 0 unspecified atom stereocenters. The third-order valence-electron chi connectivity index (χ3n) is 3.74. The summed E-state index contributed by atoms with van der Waals surface area (Å²) in [6.07, 6.45) is -2.68. The Labute approximate surface area is 171 Å². The first-order valence-electron chi connectivity index (χ1n) is 8.16. The standard InChI is InChI=1S/C18H11ClF3N5O3/c19-11-5-10(8-23)6-12(7-11)30-16-13(18(20,21)22)2-4-27(17(16)29)9-15(28)25-14-1-3-24-26-14/h1-7H,9H2,(H2,24,25,26,28). The zero-order valence-corrected chi connectivity index (χ0v) is 15.6. The minimum atomic E-state index is -4.90. The summed E-state index contributed by atoms with van der Waals surface area (Å²) < 4.78 is 46.2. The van der Waals surface area contributed by atoms with E-state index in [2.05, 4.69) is 15.5 Å². The smallest absolute Gasteiger partial charge is 0.420 e. The molecule has 12 heteroatoms. The third-order valence-corrected chi connectivity index (χ3v) is 3.95. The molecule has 2 aromatic heterocycles. The van der Waals surface area contributed by atoms with Crippen LogP contribution in [-0.4, -0.2) is 20.7 Å². The Morgan fingerprint density at radius 2 is 2.10 bits per heavy atom. The highest BCUT2D eigenvalue weighted by Gasteiger charge is 2.36. The highest BCUT2D eigenvalue weighted by molar-refractivity contribution is 6.30. The maximum Gasteiger partial charge on any atom is 0.420 e. The molecule has 3 aromatic rings. The van der Waals surface area contributed by atoms with Crippen molar-refractivity contribution >= 4 is 23.3 Å². The predicted molar refractivity (Wildman–Crippen MR) is 99.2 cm³/mol. The Morgan fingerprint density at radius 1 is 1.33 bits per heavy atom. The van der Waals surface area contributed by atoms with Gasteiger partial charge in [0, 0.05) is 17.3 Å². The first kappa shape index (κ1) is 20.9. The molecule has 0 fully saturated rings. The lowest BCUT2D eigenvalue weighted by molar-refractivity contribution is -0.138. The number of halogens is 4. The van der Waals surface area contributed by atoms with Crippen LogP contribution in [0.1, 0.15) is 11.1 Å². The van der Waals surface area contributed by atoms with Gasteiger partial charge in [-0.2, -0.15) is 23.5 Å². The number of aromatic nitrogens is 3. The van der Waals surface area contributed by atoms with E-state index in [0.29, 0.717) is 6.07 Å². The van der Waals surface area contributed by atoms with Gasteiger partial charge in [0.1, 0.15) is 23.7 Å². The lowest BCUT2D eigenvalue weighted by atomic mass is 10.2. The SMILES string of the molecule is N#Cc1cc(Cl)cc(Oc2c(C(F)(F)F)ccn(CC(=O)Nc3ccn[nH]3)c2=O)c1. The van der Waals surface area contributed by atoms with Crippen LogP contribution < -0.4 is 15.6 Å². The summed E-state index contributed by atoms with van der Waals surface area (Å²) in [6, 6.07) is 7.42. The van der Waals surface area contributed by atoms with Gasteiger partial charge in [-0.05, 0) is 24.3 Å². The topological polar surface area (TPSA) is 113 Å². The van der Waals surface area contributed by atoms with Crippen LogP contribution in [-0.2, 0) is 17.5 Å². The molecule has 0 aliphatic carbocycles. The molecule has 0 saturated carbocycles. The highest BCUT2D eigenvalue weighted by atomic mass is 35.5. The van der Waals surface area contributed by atoms with E-state index in [9.17, 15) is 22.8 Å². The van der Waals surface area contributed by atoms with Gasteiger partial charge in [0.05, 0.1) is 17.8 Å². The zero-order valence-electron chi connectivity index (χ0n) is 14.8. The van der Waals surface area contributed by atoms with E-state index in [1.807, 2.05) is 0 Å². The summed E-state index contributed by atoms with van der Waals surface area (Å²) in [6.45, 7) is -0.578.